The van der Waals surface area contributed by atoms with Crippen molar-refractivity contribution in [2.45, 2.75) is 18.7 Å². The fraction of sp³-hybridized carbons (Fsp3) is 0.611. The summed E-state index contributed by atoms with van der Waals surface area (Å²) >= 11 is 1.75. The summed E-state index contributed by atoms with van der Waals surface area (Å²) in [6.45, 7) is 7.97. The first kappa shape index (κ1) is 17.6. The van der Waals surface area contributed by atoms with E-state index in [1.165, 1.54) is 11.3 Å². The van der Waals surface area contributed by atoms with Crippen LogP contribution in [0.3, 0.4) is 0 Å². The fourth-order valence-electron chi connectivity index (χ4n) is 3.21. The molecule has 24 heavy (non-hydrogen) atoms. The Morgan fingerprint density at radius 1 is 1.21 bits per heavy atom. The second-order valence-electron chi connectivity index (χ2n) is 6.54. The van der Waals surface area contributed by atoms with Gasteiger partial charge in [-0.05, 0) is 31.7 Å². The Balaban J connectivity index is 1.52. The second kappa shape index (κ2) is 8.23. The standard InChI is InChI=1S/C18H27N3O2S/c1-15-18(22)21(9-12-24-15)14-19(2)13-16-3-5-17(6-4-16)20-7-10-23-11-8-20/h3-6,15H,7-14H2,1-2H3. The maximum Gasteiger partial charge on any atom is 0.236 e. The number of hydrogen-bond acceptors (Lipinski definition) is 5. The van der Waals surface area contributed by atoms with Gasteiger partial charge in [-0.25, -0.2) is 0 Å². The predicted molar refractivity (Wildman–Crippen MR) is 99.4 cm³/mol. The van der Waals surface area contributed by atoms with Crippen molar-refractivity contribution < 1.29 is 9.53 Å². The van der Waals surface area contributed by atoms with Gasteiger partial charge in [0.25, 0.3) is 0 Å². The highest BCUT2D eigenvalue weighted by atomic mass is 32.2. The molecule has 0 bridgehead atoms. The van der Waals surface area contributed by atoms with Gasteiger partial charge in [0, 0.05) is 37.6 Å². The fourth-order valence-corrected chi connectivity index (χ4v) is 4.18. The molecule has 132 valence electrons. The van der Waals surface area contributed by atoms with Crippen molar-refractivity contribution in [2.24, 2.45) is 0 Å². The first-order chi connectivity index (χ1) is 11.6. The molecule has 2 heterocycles. The van der Waals surface area contributed by atoms with Gasteiger partial charge in [-0.1, -0.05) is 12.1 Å². The Morgan fingerprint density at radius 2 is 1.92 bits per heavy atom. The average molecular weight is 350 g/mol. The van der Waals surface area contributed by atoms with Crippen molar-refractivity contribution in [1.29, 1.82) is 0 Å². The van der Waals surface area contributed by atoms with Gasteiger partial charge in [0.05, 0.1) is 25.1 Å². The Hall–Kier alpha value is -1.24. The van der Waals surface area contributed by atoms with Crippen LogP contribution in [0.15, 0.2) is 24.3 Å². The molecule has 1 atom stereocenters. The van der Waals surface area contributed by atoms with Crippen LogP contribution >= 0.6 is 11.8 Å². The Bertz CT molecular complexity index is 546. The van der Waals surface area contributed by atoms with E-state index in [-0.39, 0.29) is 11.2 Å². The Kier molecular flexibility index (Phi) is 6.03. The highest BCUT2D eigenvalue weighted by molar-refractivity contribution is 8.00. The van der Waals surface area contributed by atoms with Crippen LogP contribution in [0.2, 0.25) is 0 Å². The van der Waals surface area contributed by atoms with Gasteiger partial charge in [0.2, 0.25) is 5.91 Å². The summed E-state index contributed by atoms with van der Waals surface area (Å²) < 4.78 is 5.40. The van der Waals surface area contributed by atoms with Crippen molar-refractivity contribution in [3.05, 3.63) is 29.8 Å². The van der Waals surface area contributed by atoms with E-state index in [0.29, 0.717) is 6.67 Å². The molecule has 0 aromatic heterocycles. The van der Waals surface area contributed by atoms with Crippen LogP contribution in [0.5, 0.6) is 0 Å². The molecule has 6 heteroatoms. The van der Waals surface area contributed by atoms with E-state index >= 15 is 0 Å². The highest BCUT2D eigenvalue weighted by Crippen LogP contribution is 2.20. The lowest BCUT2D eigenvalue weighted by Gasteiger charge is -2.33. The summed E-state index contributed by atoms with van der Waals surface area (Å²) in [6.07, 6.45) is 0. The van der Waals surface area contributed by atoms with Crippen LogP contribution in [-0.2, 0) is 16.1 Å². The lowest BCUT2D eigenvalue weighted by Crippen LogP contribution is -2.47. The smallest absolute Gasteiger partial charge is 0.236 e. The van der Waals surface area contributed by atoms with Crippen molar-refractivity contribution in [3.8, 4) is 0 Å². The number of ether oxygens (including phenoxy) is 1. The molecule has 3 rings (SSSR count). The van der Waals surface area contributed by atoms with E-state index in [2.05, 4.69) is 41.1 Å². The van der Waals surface area contributed by atoms with Crippen molar-refractivity contribution in [1.82, 2.24) is 9.80 Å². The van der Waals surface area contributed by atoms with Gasteiger partial charge in [0.1, 0.15) is 0 Å². The largest absolute Gasteiger partial charge is 0.378 e. The minimum Gasteiger partial charge on any atom is -0.378 e. The summed E-state index contributed by atoms with van der Waals surface area (Å²) in [5.41, 5.74) is 2.54. The van der Waals surface area contributed by atoms with Crippen molar-refractivity contribution >= 4 is 23.4 Å². The molecule has 2 saturated heterocycles. The van der Waals surface area contributed by atoms with Gasteiger partial charge in [-0.3, -0.25) is 9.69 Å². The first-order valence-electron chi connectivity index (χ1n) is 8.64. The number of benzene rings is 1. The first-order valence-corrected chi connectivity index (χ1v) is 9.69. The molecule has 0 spiro atoms. The van der Waals surface area contributed by atoms with Gasteiger partial charge in [-0.2, -0.15) is 0 Å². The average Bonchev–Trinajstić information content (AvgIpc) is 2.60. The number of carbonyl (C=O) groups is 1. The number of nitrogens with zero attached hydrogens (tertiary/aromatic N) is 3. The third-order valence-corrected chi connectivity index (χ3v) is 5.69. The number of hydrogen-bond donors (Lipinski definition) is 0. The number of carbonyl (C=O) groups excluding carboxylic acids is 1. The van der Waals surface area contributed by atoms with E-state index < -0.39 is 0 Å². The normalized spacial score (nSPS) is 22.3. The van der Waals surface area contributed by atoms with E-state index in [4.69, 9.17) is 4.74 Å². The molecule has 1 unspecified atom stereocenters. The van der Waals surface area contributed by atoms with Crippen LogP contribution in [-0.4, -0.2) is 73.3 Å². The van der Waals surface area contributed by atoms with Crippen LogP contribution in [0.1, 0.15) is 12.5 Å². The molecule has 2 fully saturated rings. The molecule has 0 saturated carbocycles. The van der Waals surface area contributed by atoms with Crippen LogP contribution in [0.4, 0.5) is 5.69 Å². The lowest BCUT2D eigenvalue weighted by molar-refractivity contribution is -0.132. The van der Waals surface area contributed by atoms with E-state index in [0.717, 1.165) is 45.1 Å². The van der Waals surface area contributed by atoms with Crippen LogP contribution in [0, 0.1) is 0 Å². The molecule has 1 amide bonds. The maximum absolute atomic E-state index is 12.2. The summed E-state index contributed by atoms with van der Waals surface area (Å²) in [6, 6.07) is 8.77. The number of anilines is 1. The number of amides is 1. The van der Waals surface area contributed by atoms with Crippen molar-refractivity contribution in [3.63, 3.8) is 0 Å². The van der Waals surface area contributed by atoms with E-state index in [1.807, 2.05) is 11.8 Å². The number of rotatable bonds is 5. The van der Waals surface area contributed by atoms with Gasteiger partial charge in [0.15, 0.2) is 0 Å². The number of thioether (sulfide) groups is 1. The molecule has 5 nitrogen and oxygen atoms in total. The third-order valence-electron chi connectivity index (χ3n) is 4.57. The molecular weight excluding hydrogens is 322 g/mol. The van der Waals surface area contributed by atoms with Gasteiger partial charge in [-0.15, -0.1) is 11.8 Å². The van der Waals surface area contributed by atoms with Crippen LogP contribution < -0.4 is 4.90 Å². The monoisotopic (exact) mass is 349 g/mol. The summed E-state index contributed by atoms with van der Waals surface area (Å²) in [7, 11) is 2.08. The summed E-state index contributed by atoms with van der Waals surface area (Å²) in [4.78, 5) is 18.7. The zero-order chi connectivity index (χ0) is 16.9. The minimum atomic E-state index is 0.0972. The molecule has 0 radical (unpaired) electrons. The SMILES string of the molecule is CC1SCCN(CN(C)Cc2ccc(N3CCOCC3)cc2)C1=O. The zero-order valence-electron chi connectivity index (χ0n) is 14.6. The molecule has 1 aromatic rings. The van der Waals surface area contributed by atoms with Crippen molar-refractivity contribution in [2.75, 3.05) is 57.2 Å². The van der Waals surface area contributed by atoms with Gasteiger partial charge < -0.3 is 14.5 Å². The molecule has 2 aliphatic heterocycles. The maximum atomic E-state index is 12.2. The molecular formula is C18H27N3O2S. The number of morpholine rings is 1. The van der Waals surface area contributed by atoms with Crippen LogP contribution in [0.25, 0.3) is 0 Å². The summed E-state index contributed by atoms with van der Waals surface area (Å²) in [5, 5.41) is 0.0972. The minimum absolute atomic E-state index is 0.0972. The Morgan fingerprint density at radius 3 is 2.62 bits per heavy atom. The van der Waals surface area contributed by atoms with Gasteiger partial charge >= 0.3 is 0 Å². The lowest BCUT2D eigenvalue weighted by atomic mass is 10.2. The topological polar surface area (TPSA) is 36.0 Å². The zero-order valence-corrected chi connectivity index (χ0v) is 15.4. The second-order valence-corrected chi connectivity index (χ2v) is 7.98. The molecule has 2 aliphatic rings. The van der Waals surface area contributed by atoms with E-state index in [9.17, 15) is 4.79 Å². The summed E-state index contributed by atoms with van der Waals surface area (Å²) in [5.74, 6) is 1.30. The molecule has 0 aliphatic carbocycles. The van der Waals surface area contributed by atoms with E-state index in [1.54, 1.807) is 11.8 Å². The predicted octanol–water partition coefficient (Wildman–Crippen LogP) is 1.88. The quantitative estimate of drug-likeness (QED) is 0.811. The molecule has 1 aromatic carbocycles. The highest BCUT2D eigenvalue weighted by Gasteiger charge is 2.26. The Labute approximate surface area is 148 Å². The third kappa shape index (κ3) is 4.43. The molecule has 0 N–H and O–H groups in total.